The van der Waals surface area contributed by atoms with Crippen molar-refractivity contribution in [3.8, 4) is 5.75 Å². The molecule has 0 aliphatic heterocycles. The molecule has 6 atom stereocenters. The first kappa shape index (κ1) is 15.2. The Morgan fingerprint density at radius 2 is 2.13 bits per heavy atom. The third-order valence-electron chi connectivity index (χ3n) is 7.25. The van der Waals surface area contributed by atoms with Gasteiger partial charge in [0, 0.05) is 5.41 Å². The number of halogens is 1. The molecule has 3 aliphatic rings. The maximum absolute atomic E-state index is 14.4. The van der Waals surface area contributed by atoms with Crippen molar-refractivity contribution in [3.05, 3.63) is 42.0 Å². The van der Waals surface area contributed by atoms with Gasteiger partial charge in [0.2, 0.25) is 0 Å². The molecular weight excluding hydrogens is 291 g/mol. The molecule has 124 valence electrons. The van der Waals surface area contributed by atoms with Crippen LogP contribution in [0.25, 0.3) is 0 Å². The summed E-state index contributed by atoms with van der Waals surface area (Å²) in [6.07, 6.45) is 4.12. The molecule has 0 heterocycles. The number of fused-ring (bicyclic) bond motifs is 5. The highest BCUT2D eigenvalue weighted by molar-refractivity contribution is 5.43. The second-order valence-corrected chi connectivity index (χ2v) is 8.05. The van der Waals surface area contributed by atoms with Crippen molar-refractivity contribution in [2.24, 2.45) is 16.7 Å². The van der Waals surface area contributed by atoms with E-state index in [9.17, 15) is 14.6 Å². The molecule has 1 aromatic carbocycles. The highest BCUT2D eigenvalue weighted by Crippen LogP contribution is 2.67. The van der Waals surface area contributed by atoms with Crippen molar-refractivity contribution in [1.29, 1.82) is 0 Å². The molecule has 0 bridgehead atoms. The number of rotatable bonds is 1. The first-order valence-corrected chi connectivity index (χ1v) is 8.70. The van der Waals surface area contributed by atoms with Crippen LogP contribution in [0.3, 0.4) is 0 Å². The molecule has 0 amide bonds. The van der Waals surface area contributed by atoms with Crippen LogP contribution in [0.2, 0.25) is 0 Å². The lowest BCUT2D eigenvalue weighted by Crippen LogP contribution is -2.50. The number of benzene rings is 1. The Labute approximate surface area is 137 Å². The zero-order valence-corrected chi connectivity index (χ0v) is 13.6. The SMILES string of the molecule is C=CC12CCc3cc(O)ccc3[C@H]1CC[C@]1(C)[C@H](O)[C@H](F)C[C@@H]21. The van der Waals surface area contributed by atoms with Crippen molar-refractivity contribution < 1.29 is 14.6 Å². The largest absolute Gasteiger partial charge is 0.508 e. The molecule has 0 aromatic heterocycles. The fourth-order valence-corrected chi connectivity index (χ4v) is 6.04. The number of aromatic hydroxyl groups is 1. The summed E-state index contributed by atoms with van der Waals surface area (Å²) in [5, 5.41) is 20.2. The van der Waals surface area contributed by atoms with E-state index in [1.807, 2.05) is 12.1 Å². The Hall–Kier alpha value is -1.35. The van der Waals surface area contributed by atoms with Gasteiger partial charge in [-0.15, -0.1) is 6.58 Å². The Balaban J connectivity index is 1.83. The van der Waals surface area contributed by atoms with Gasteiger partial charge in [0.15, 0.2) is 0 Å². The van der Waals surface area contributed by atoms with Crippen LogP contribution < -0.4 is 0 Å². The van der Waals surface area contributed by atoms with E-state index in [4.69, 9.17) is 0 Å². The average Bonchev–Trinajstić information content (AvgIpc) is 2.78. The van der Waals surface area contributed by atoms with Gasteiger partial charge in [-0.05, 0) is 72.6 Å². The number of hydrogen-bond acceptors (Lipinski definition) is 2. The van der Waals surface area contributed by atoms with Crippen molar-refractivity contribution in [3.63, 3.8) is 0 Å². The summed E-state index contributed by atoms with van der Waals surface area (Å²) >= 11 is 0. The van der Waals surface area contributed by atoms with E-state index in [0.29, 0.717) is 18.1 Å². The molecule has 0 radical (unpaired) electrons. The summed E-state index contributed by atoms with van der Waals surface area (Å²) in [6.45, 7) is 6.20. The molecule has 0 spiro atoms. The summed E-state index contributed by atoms with van der Waals surface area (Å²) in [4.78, 5) is 0. The monoisotopic (exact) mass is 316 g/mol. The molecule has 3 aliphatic carbocycles. The third kappa shape index (κ3) is 1.83. The number of alkyl halides is 1. The minimum Gasteiger partial charge on any atom is -0.508 e. The Kier molecular flexibility index (Phi) is 3.19. The lowest BCUT2D eigenvalue weighted by Gasteiger charge is -2.57. The van der Waals surface area contributed by atoms with Gasteiger partial charge in [0.05, 0.1) is 6.10 Å². The highest BCUT2D eigenvalue weighted by Gasteiger charge is 2.63. The van der Waals surface area contributed by atoms with Gasteiger partial charge in [0.1, 0.15) is 11.9 Å². The smallest absolute Gasteiger partial charge is 0.127 e. The summed E-state index contributed by atoms with van der Waals surface area (Å²) in [5.74, 6) is 0.772. The number of aliphatic hydroxyl groups excluding tert-OH is 1. The number of hydrogen-bond donors (Lipinski definition) is 2. The molecule has 2 N–H and O–H groups in total. The number of phenols is 1. The summed E-state index contributed by atoms with van der Waals surface area (Å²) in [7, 11) is 0. The first-order chi connectivity index (χ1) is 10.9. The van der Waals surface area contributed by atoms with E-state index >= 15 is 0 Å². The third-order valence-corrected chi connectivity index (χ3v) is 7.25. The van der Waals surface area contributed by atoms with E-state index in [0.717, 1.165) is 25.7 Å². The highest BCUT2D eigenvalue weighted by atomic mass is 19.1. The van der Waals surface area contributed by atoms with Gasteiger partial charge in [-0.25, -0.2) is 4.39 Å². The van der Waals surface area contributed by atoms with Crippen molar-refractivity contribution >= 4 is 0 Å². The van der Waals surface area contributed by atoms with Crippen LogP contribution >= 0.6 is 0 Å². The van der Waals surface area contributed by atoms with Crippen molar-refractivity contribution in [2.75, 3.05) is 0 Å². The fourth-order valence-electron chi connectivity index (χ4n) is 6.04. The van der Waals surface area contributed by atoms with Gasteiger partial charge in [-0.2, -0.15) is 0 Å². The molecule has 3 heteroatoms. The lowest BCUT2D eigenvalue weighted by molar-refractivity contribution is -0.0606. The van der Waals surface area contributed by atoms with E-state index in [1.54, 1.807) is 6.07 Å². The first-order valence-electron chi connectivity index (χ1n) is 8.70. The van der Waals surface area contributed by atoms with Crippen LogP contribution in [0, 0.1) is 16.7 Å². The molecule has 2 fully saturated rings. The van der Waals surface area contributed by atoms with Gasteiger partial charge in [-0.1, -0.05) is 19.1 Å². The molecule has 0 saturated heterocycles. The van der Waals surface area contributed by atoms with E-state index in [2.05, 4.69) is 19.6 Å². The van der Waals surface area contributed by atoms with Crippen LogP contribution in [-0.2, 0) is 6.42 Å². The second kappa shape index (κ2) is 4.83. The number of allylic oxidation sites excluding steroid dienone is 1. The van der Waals surface area contributed by atoms with Crippen molar-refractivity contribution in [1.82, 2.24) is 0 Å². The minimum absolute atomic E-state index is 0.137. The van der Waals surface area contributed by atoms with E-state index < -0.39 is 12.3 Å². The molecule has 2 nitrogen and oxygen atoms in total. The molecule has 1 aromatic rings. The summed E-state index contributed by atoms with van der Waals surface area (Å²) in [6, 6.07) is 5.67. The standard InChI is InChI=1S/C20H25FO2/c1-3-20-9-6-12-10-13(22)4-5-14(12)15(20)7-8-19(2)17(20)11-16(21)18(19)23/h3-5,10,15-18,22-23H,1,6-9,11H2,2H3/t15-,16-,17-,18-,19+,20?/m1/s1. The van der Waals surface area contributed by atoms with Gasteiger partial charge in [-0.3, -0.25) is 0 Å². The zero-order valence-electron chi connectivity index (χ0n) is 13.6. The number of aryl methyl sites for hydroxylation is 1. The normalized spacial score (nSPS) is 45.0. The fraction of sp³-hybridized carbons (Fsp3) is 0.600. The Morgan fingerprint density at radius 3 is 2.87 bits per heavy atom. The second-order valence-electron chi connectivity index (χ2n) is 8.05. The van der Waals surface area contributed by atoms with Gasteiger partial charge < -0.3 is 10.2 Å². The molecule has 1 unspecified atom stereocenters. The maximum atomic E-state index is 14.4. The van der Waals surface area contributed by atoms with Crippen LogP contribution in [-0.4, -0.2) is 22.5 Å². The zero-order chi connectivity index (χ0) is 16.4. The quantitative estimate of drug-likeness (QED) is 0.765. The number of phenolic OH excluding ortho intramolecular Hbond substituents is 1. The average molecular weight is 316 g/mol. The minimum atomic E-state index is -1.12. The summed E-state index contributed by atoms with van der Waals surface area (Å²) < 4.78 is 14.4. The van der Waals surface area contributed by atoms with Crippen LogP contribution in [0.15, 0.2) is 30.9 Å². The molecule has 4 rings (SSSR count). The lowest BCUT2D eigenvalue weighted by atomic mass is 9.47. The molecular formula is C20H25FO2. The van der Waals surface area contributed by atoms with Crippen LogP contribution in [0.5, 0.6) is 5.75 Å². The Bertz CT molecular complexity index is 657. The predicted octanol–water partition coefficient (Wildman–Crippen LogP) is 4.11. The maximum Gasteiger partial charge on any atom is 0.127 e. The Morgan fingerprint density at radius 1 is 1.35 bits per heavy atom. The van der Waals surface area contributed by atoms with Gasteiger partial charge in [0.25, 0.3) is 0 Å². The predicted molar refractivity (Wildman–Crippen MR) is 88.1 cm³/mol. The molecule has 23 heavy (non-hydrogen) atoms. The van der Waals surface area contributed by atoms with E-state index in [-0.39, 0.29) is 16.7 Å². The topological polar surface area (TPSA) is 40.5 Å². The summed E-state index contributed by atoms with van der Waals surface area (Å²) in [5.41, 5.74) is 2.01. The van der Waals surface area contributed by atoms with Crippen LogP contribution in [0.1, 0.15) is 49.7 Å². The van der Waals surface area contributed by atoms with E-state index in [1.165, 1.54) is 11.1 Å². The van der Waals surface area contributed by atoms with Gasteiger partial charge >= 0.3 is 0 Å². The van der Waals surface area contributed by atoms with Crippen molar-refractivity contribution in [2.45, 2.75) is 57.2 Å². The molecule has 2 saturated carbocycles. The number of aliphatic hydroxyl groups is 1. The van der Waals surface area contributed by atoms with Crippen LogP contribution in [0.4, 0.5) is 4.39 Å².